The summed E-state index contributed by atoms with van der Waals surface area (Å²) in [6.45, 7) is 9.23. The van der Waals surface area contributed by atoms with Crippen molar-refractivity contribution in [2.45, 2.75) is 52.5 Å². The minimum absolute atomic E-state index is 0.0158. The van der Waals surface area contributed by atoms with Gasteiger partial charge in [0.1, 0.15) is 0 Å². The normalized spacial score (nSPS) is 11.2. The van der Waals surface area contributed by atoms with Crippen LogP contribution in [0.15, 0.2) is 24.3 Å². The molecule has 0 aliphatic heterocycles. The van der Waals surface area contributed by atoms with Crippen molar-refractivity contribution < 1.29 is 4.79 Å². The van der Waals surface area contributed by atoms with Crippen LogP contribution >= 0.6 is 0 Å². The fourth-order valence-corrected chi connectivity index (χ4v) is 2.35. The second-order valence-corrected chi connectivity index (χ2v) is 4.87. The average Bonchev–Trinajstić information content (AvgIpc) is 2.46. The molecule has 0 unspecified atom stereocenters. The second kappa shape index (κ2) is 7.17. The fourth-order valence-electron chi connectivity index (χ4n) is 2.35. The van der Waals surface area contributed by atoms with E-state index in [9.17, 15) is 4.79 Å². The summed E-state index contributed by atoms with van der Waals surface area (Å²) in [5, 5.41) is 6.45. The first-order valence-corrected chi connectivity index (χ1v) is 7.27. The maximum atomic E-state index is 12.5. The molecule has 3 nitrogen and oxygen atoms in total. The molecular formula is C16H26N2O. The molecule has 1 aromatic rings. The first kappa shape index (κ1) is 15.5. The molecule has 0 radical (unpaired) electrons. The van der Waals surface area contributed by atoms with Crippen LogP contribution in [0.3, 0.4) is 0 Å². The van der Waals surface area contributed by atoms with Gasteiger partial charge in [-0.3, -0.25) is 4.79 Å². The minimum Gasteiger partial charge on any atom is -0.385 e. The van der Waals surface area contributed by atoms with Crippen LogP contribution in [0.5, 0.6) is 0 Å². The molecule has 0 atom stereocenters. The van der Waals surface area contributed by atoms with Gasteiger partial charge in [0.05, 0.1) is 5.56 Å². The van der Waals surface area contributed by atoms with E-state index in [0.717, 1.165) is 37.1 Å². The number of hydrogen-bond acceptors (Lipinski definition) is 2. The van der Waals surface area contributed by atoms with Crippen LogP contribution in [-0.2, 0) is 0 Å². The van der Waals surface area contributed by atoms with Crippen molar-refractivity contribution in [2.24, 2.45) is 0 Å². The molecule has 0 saturated carbocycles. The van der Waals surface area contributed by atoms with Gasteiger partial charge in [0.2, 0.25) is 0 Å². The van der Waals surface area contributed by atoms with Crippen molar-refractivity contribution in [1.82, 2.24) is 5.32 Å². The van der Waals surface area contributed by atoms with E-state index < -0.39 is 0 Å². The molecule has 0 bridgehead atoms. The van der Waals surface area contributed by atoms with Crippen LogP contribution in [0.1, 0.15) is 57.3 Å². The molecule has 0 aromatic heterocycles. The van der Waals surface area contributed by atoms with Gasteiger partial charge in [0, 0.05) is 17.8 Å². The smallest absolute Gasteiger partial charge is 0.253 e. The lowest BCUT2D eigenvalue weighted by atomic mass is 9.89. The first-order chi connectivity index (χ1) is 9.12. The third-order valence-electron chi connectivity index (χ3n) is 3.95. The lowest BCUT2D eigenvalue weighted by Gasteiger charge is -2.32. The van der Waals surface area contributed by atoms with Gasteiger partial charge in [-0.1, -0.05) is 32.9 Å². The highest BCUT2D eigenvalue weighted by molar-refractivity contribution is 6.00. The summed E-state index contributed by atoms with van der Waals surface area (Å²) in [5.74, 6) is 0.0158. The zero-order valence-electron chi connectivity index (χ0n) is 12.5. The number of carbonyl (C=O) groups excluding carboxylic acids is 1. The van der Waals surface area contributed by atoms with Crippen molar-refractivity contribution in [2.75, 3.05) is 11.9 Å². The number of nitrogens with one attached hydrogen (secondary N) is 2. The van der Waals surface area contributed by atoms with E-state index in [1.165, 1.54) is 0 Å². The Morgan fingerprint density at radius 2 is 1.63 bits per heavy atom. The highest BCUT2D eigenvalue weighted by atomic mass is 16.1. The monoisotopic (exact) mass is 262 g/mol. The van der Waals surface area contributed by atoms with E-state index in [-0.39, 0.29) is 11.4 Å². The van der Waals surface area contributed by atoms with Gasteiger partial charge >= 0.3 is 0 Å². The molecule has 0 heterocycles. The van der Waals surface area contributed by atoms with E-state index in [0.29, 0.717) is 0 Å². The predicted molar refractivity (Wildman–Crippen MR) is 81.7 cm³/mol. The number of anilines is 1. The van der Waals surface area contributed by atoms with Gasteiger partial charge in [-0.05, 0) is 38.3 Å². The maximum Gasteiger partial charge on any atom is 0.253 e. The Balaban J connectivity index is 2.94. The third-order valence-corrected chi connectivity index (χ3v) is 3.95. The van der Waals surface area contributed by atoms with Crippen LogP contribution in [0, 0.1) is 0 Å². The SMILES string of the molecule is CCNc1ccccc1C(=O)NC(CC)(CC)CC. The Kier molecular flexibility index (Phi) is 5.87. The van der Waals surface area contributed by atoms with Gasteiger partial charge in [-0.2, -0.15) is 0 Å². The largest absolute Gasteiger partial charge is 0.385 e. The summed E-state index contributed by atoms with van der Waals surface area (Å²) in [7, 11) is 0. The van der Waals surface area contributed by atoms with E-state index in [1.807, 2.05) is 31.2 Å². The van der Waals surface area contributed by atoms with Gasteiger partial charge in [0.15, 0.2) is 0 Å². The van der Waals surface area contributed by atoms with E-state index >= 15 is 0 Å². The zero-order chi connectivity index (χ0) is 14.3. The fraction of sp³-hybridized carbons (Fsp3) is 0.562. The lowest BCUT2D eigenvalue weighted by molar-refractivity contribution is 0.0889. The topological polar surface area (TPSA) is 41.1 Å². The molecule has 0 saturated heterocycles. The quantitative estimate of drug-likeness (QED) is 0.784. The van der Waals surface area contributed by atoms with E-state index in [4.69, 9.17) is 0 Å². The summed E-state index contributed by atoms with van der Waals surface area (Å²) >= 11 is 0. The molecule has 3 heteroatoms. The second-order valence-electron chi connectivity index (χ2n) is 4.87. The molecule has 1 amide bonds. The standard InChI is InChI=1S/C16H26N2O/c1-5-16(6-2,7-3)18-15(19)13-11-9-10-12-14(13)17-8-4/h9-12,17H,5-8H2,1-4H3,(H,18,19). The van der Waals surface area contributed by atoms with Crippen LogP contribution in [-0.4, -0.2) is 18.0 Å². The van der Waals surface area contributed by atoms with Crippen molar-refractivity contribution in [3.05, 3.63) is 29.8 Å². The third kappa shape index (κ3) is 3.72. The van der Waals surface area contributed by atoms with Crippen LogP contribution < -0.4 is 10.6 Å². The van der Waals surface area contributed by atoms with Crippen LogP contribution in [0.2, 0.25) is 0 Å². The maximum absolute atomic E-state index is 12.5. The number of carbonyl (C=O) groups is 1. The Morgan fingerprint density at radius 3 is 2.16 bits per heavy atom. The lowest BCUT2D eigenvalue weighted by Crippen LogP contribution is -2.47. The van der Waals surface area contributed by atoms with E-state index in [1.54, 1.807) is 0 Å². The van der Waals surface area contributed by atoms with Gasteiger partial charge in [-0.25, -0.2) is 0 Å². The molecule has 0 fully saturated rings. The molecule has 19 heavy (non-hydrogen) atoms. The molecular weight excluding hydrogens is 236 g/mol. The summed E-state index contributed by atoms with van der Waals surface area (Å²) in [5.41, 5.74) is 1.54. The Morgan fingerprint density at radius 1 is 1.05 bits per heavy atom. The van der Waals surface area contributed by atoms with Crippen LogP contribution in [0.4, 0.5) is 5.69 Å². The summed E-state index contributed by atoms with van der Waals surface area (Å²) < 4.78 is 0. The number of para-hydroxylation sites is 1. The molecule has 0 aliphatic rings. The summed E-state index contributed by atoms with van der Waals surface area (Å²) in [6.07, 6.45) is 2.86. The predicted octanol–water partition coefficient (Wildman–Crippen LogP) is 3.82. The number of rotatable bonds is 7. The number of hydrogen-bond donors (Lipinski definition) is 2. The van der Waals surface area contributed by atoms with Gasteiger partial charge < -0.3 is 10.6 Å². The zero-order valence-corrected chi connectivity index (χ0v) is 12.5. The molecule has 0 spiro atoms. The Hall–Kier alpha value is -1.51. The highest BCUT2D eigenvalue weighted by Gasteiger charge is 2.26. The summed E-state index contributed by atoms with van der Waals surface area (Å²) in [4.78, 5) is 12.5. The first-order valence-electron chi connectivity index (χ1n) is 7.27. The van der Waals surface area contributed by atoms with Gasteiger partial charge in [0.25, 0.3) is 5.91 Å². The summed E-state index contributed by atoms with van der Waals surface area (Å²) in [6, 6.07) is 7.67. The molecule has 1 rings (SSSR count). The Labute approximate surface area is 116 Å². The molecule has 106 valence electrons. The highest BCUT2D eigenvalue weighted by Crippen LogP contribution is 2.22. The number of amides is 1. The number of benzene rings is 1. The average molecular weight is 262 g/mol. The molecule has 1 aromatic carbocycles. The van der Waals surface area contributed by atoms with Crippen molar-refractivity contribution >= 4 is 11.6 Å². The minimum atomic E-state index is -0.0869. The van der Waals surface area contributed by atoms with Crippen LogP contribution in [0.25, 0.3) is 0 Å². The van der Waals surface area contributed by atoms with E-state index in [2.05, 4.69) is 31.4 Å². The van der Waals surface area contributed by atoms with Crippen molar-refractivity contribution in [1.29, 1.82) is 0 Å². The van der Waals surface area contributed by atoms with Gasteiger partial charge in [-0.15, -0.1) is 0 Å². The molecule has 2 N–H and O–H groups in total. The molecule has 0 aliphatic carbocycles. The Bertz CT molecular complexity index is 403. The van der Waals surface area contributed by atoms with Crippen molar-refractivity contribution in [3.63, 3.8) is 0 Å². The van der Waals surface area contributed by atoms with Crippen molar-refractivity contribution in [3.8, 4) is 0 Å².